The van der Waals surface area contributed by atoms with Crippen molar-refractivity contribution in [3.8, 4) is 5.75 Å². The molecule has 3 heteroatoms. The number of rotatable bonds is 3. The van der Waals surface area contributed by atoms with Gasteiger partial charge < -0.3 is 10.4 Å². The molecule has 0 aliphatic heterocycles. The monoisotopic (exact) mass is 225 g/mol. The van der Waals surface area contributed by atoms with Crippen LogP contribution in [0, 0.1) is 11.2 Å². The second-order valence-corrected chi connectivity index (χ2v) is 5.37. The maximum absolute atomic E-state index is 13.0. The highest BCUT2D eigenvalue weighted by molar-refractivity contribution is 5.34. The molecule has 2 nitrogen and oxygen atoms in total. The second kappa shape index (κ2) is 4.83. The average Bonchev–Trinajstić information content (AvgIpc) is 2.17. The van der Waals surface area contributed by atoms with Crippen molar-refractivity contribution in [1.82, 2.24) is 5.32 Å². The van der Waals surface area contributed by atoms with Crippen molar-refractivity contribution in [2.45, 2.75) is 33.7 Å². The lowest BCUT2D eigenvalue weighted by Gasteiger charge is -2.23. The summed E-state index contributed by atoms with van der Waals surface area (Å²) in [6, 6.07) is 3.96. The van der Waals surface area contributed by atoms with Gasteiger partial charge in [-0.05, 0) is 30.5 Å². The molecule has 90 valence electrons. The third-order valence-corrected chi connectivity index (χ3v) is 2.39. The third-order valence-electron chi connectivity index (χ3n) is 2.39. The van der Waals surface area contributed by atoms with E-state index in [1.54, 1.807) is 0 Å². The van der Waals surface area contributed by atoms with Gasteiger partial charge in [0.25, 0.3) is 0 Å². The lowest BCUT2D eigenvalue weighted by atomic mass is 9.96. The number of benzene rings is 1. The van der Waals surface area contributed by atoms with Gasteiger partial charge in [-0.15, -0.1) is 0 Å². The Morgan fingerprint density at radius 2 is 2.00 bits per heavy atom. The highest BCUT2D eigenvalue weighted by Crippen LogP contribution is 2.25. The molecule has 0 aromatic heterocycles. The number of phenolic OH excluding ortho intramolecular Hbond substituents is 1. The van der Waals surface area contributed by atoms with E-state index in [-0.39, 0.29) is 23.0 Å². The van der Waals surface area contributed by atoms with Gasteiger partial charge in [0.15, 0.2) is 0 Å². The fourth-order valence-electron chi connectivity index (χ4n) is 1.44. The normalized spacial score (nSPS) is 13.8. The van der Waals surface area contributed by atoms with Crippen LogP contribution in [0.4, 0.5) is 4.39 Å². The number of nitrogens with one attached hydrogen (secondary N) is 1. The minimum absolute atomic E-state index is 0.0603. The first kappa shape index (κ1) is 13.0. The van der Waals surface area contributed by atoms with Crippen LogP contribution < -0.4 is 5.32 Å². The summed E-state index contributed by atoms with van der Waals surface area (Å²) in [6.45, 7) is 9.10. The molecular formula is C13H20FNO. The Morgan fingerprint density at radius 3 is 2.56 bits per heavy atom. The van der Waals surface area contributed by atoms with Gasteiger partial charge in [-0.3, -0.25) is 0 Å². The Balaban J connectivity index is 2.73. The highest BCUT2D eigenvalue weighted by Gasteiger charge is 2.15. The summed E-state index contributed by atoms with van der Waals surface area (Å²) in [5.41, 5.74) is 0.765. The molecule has 1 atom stereocenters. The van der Waals surface area contributed by atoms with Crippen LogP contribution in [0.25, 0.3) is 0 Å². The summed E-state index contributed by atoms with van der Waals surface area (Å²) < 4.78 is 13.0. The molecule has 0 bridgehead atoms. The summed E-state index contributed by atoms with van der Waals surface area (Å²) >= 11 is 0. The SMILES string of the molecule is CC(NCC(C)(C)C)c1cc(F)ccc1O. The van der Waals surface area contributed by atoms with Gasteiger partial charge in [0.05, 0.1) is 0 Å². The van der Waals surface area contributed by atoms with Gasteiger partial charge in [-0.2, -0.15) is 0 Å². The number of hydrogen-bond donors (Lipinski definition) is 2. The highest BCUT2D eigenvalue weighted by atomic mass is 19.1. The van der Waals surface area contributed by atoms with Crippen LogP contribution in [0.1, 0.15) is 39.3 Å². The Hall–Kier alpha value is -1.09. The fraction of sp³-hybridized carbons (Fsp3) is 0.538. The molecule has 1 aromatic carbocycles. The van der Waals surface area contributed by atoms with E-state index < -0.39 is 0 Å². The topological polar surface area (TPSA) is 32.3 Å². The van der Waals surface area contributed by atoms with E-state index >= 15 is 0 Å². The van der Waals surface area contributed by atoms with Crippen LogP contribution in [0.15, 0.2) is 18.2 Å². The van der Waals surface area contributed by atoms with E-state index in [4.69, 9.17) is 0 Å². The smallest absolute Gasteiger partial charge is 0.123 e. The van der Waals surface area contributed by atoms with Gasteiger partial charge in [0, 0.05) is 18.2 Å². The van der Waals surface area contributed by atoms with Crippen LogP contribution in [-0.2, 0) is 0 Å². The first-order valence-electron chi connectivity index (χ1n) is 5.51. The van der Waals surface area contributed by atoms with Crippen molar-refractivity contribution in [2.24, 2.45) is 5.41 Å². The largest absolute Gasteiger partial charge is 0.508 e. The number of hydrogen-bond acceptors (Lipinski definition) is 2. The molecule has 0 heterocycles. The molecule has 2 N–H and O–H groups in total. The van der Waals surface area contributed by atoms with E-state index in [0.29, 0.717) is 5.56 Å². The number of phenols is 1. The summed E-state index contributed by atoms with van der Waals surface area (Å²) in [5, 5.41) is 12.9. The van der Waals surface area contributed by atoms with Crippen molar-refractivity contribution < 1.29 is 9.50 Å². The molecule has 1 unspecified atom stereocenters. The zero-order chi connectivity index (χ0) is 12.3. The average molecular weight is 225 g/mol. The molecule has 0 amide bonds. The molecular weight excluding hydrogens is 205 g/mol. The summed E-state index contributed by atoms with van der Waals surface area (Å²) in [5.74, 6) is -0.187. The standard InChI is InChI=1S/C13H20FNO/c1-9(15-8-13(2,3)4)11-7-10(14)5-6-12(11)16/h5-7,9,15-16H,8H2,1-4H3. The van der Waals surface area contributed by atoms with Gasteiger partial charge in [0.1, 0.15) is 11.6 Å². The molecule has 0 aliphatic carbocycles. The van der Waals surface area contributed by atoms with E-state index in [9.17, 15) is 9.50 Å². The maximum Gasteiger partial charge on any atom is 0.123 e. The van der Waals surface area contributed by atoms with Gasteiger partial charge in [-0.1, -0.05) is 20.8 Å². The maximum atomic E-state index is 13.0. The number of halogens is 1. The molecule has 16 heavy (non-hydrogen) atoms. The first-order chi connectivity index (χ1) is 7.29. The van der Waals surface area contributed by atoms with Crippen LogP contribution in [0.2, 0.25) is 0 Å². The van der Waals surface area contributed by atoms with Crippen molar-refractivity contribution in [2.75, 3.05) is 6.54 Å². The van der Waals surface area contributed by atoms with Crippen molar-refractivity contribution in [3.63, 3.8) is 0 Å². The predicted octanol–water partition coefficient (Wildman–Crippen LogP) is 3.23. The van der Waals surface area contributed by atoms with Crippen molar-refractivity contribution >= 4 is 0 Å². The second-order valence-electron chi connectivity index (χ2n) is 5.37. The van der Waals surface area contributed by atoms with Crippen molar-refractivity contribution in [3.05, 3.63) is 29.6 Å². The quantitative estimate of drug-likeness (QED) is 0.827. The predicted molar refractivity (Wildman–Crippen MR) is 63.9 cm³/mol. The Bertz CT molecular complexity index is 357. The Morgan fingerprint density at radius 1 is 1.38 bits per heavy atom. The molecule has 0 saturated carbocycles. The molecule has 0 saturated heterocycles. The molecule has 0 aliphatic rings. The van der Waals surface area contributed by atoms with Crippen molar-refractivity contribution in [1.29, 1.82) is 0 Å². The summed E-state index contributed by atoms with van der Waals surface area (Å²) in [4.78, 5) is 0. The van der Waals surface area contributed by atoms with E-state index in [1.165, 1.54) is 18.2 Å². The minimum Gasteiger partial charge on any atom is -0.508 e. The van der Waals surface area contributed by atoms with Gasteiger partial charge >= 0.3 is 0 Å². The molecule has 0 radical (unpaired) electrons. The van der Waals surface area contributed by atoms with E-state index in [0.717, 1.165) is 6.54 Å². The van der Waals surface area contributed by atoms with Crippen LogP contribution in [0.5, 0.6) is 5.75 Å². The first-order valence-corrected chi connectivity index (χ1v) is 5.51. The van der Waals surface area contributed by atoms with E-state index in [1.807, 2.05) is 6.92 Å². The molecule has 0 spiro atoms. The summed E-state index contributed by atoms with van der Waals surface area (Å²) in [7, 11) is 0. The van der Waals surface area contributed by atoms with Gasteiger partial charge in [0.2, 0.25) is 0 Å². The Labute approximate surface area is 96.5 Å². The molecule has 1 rings (SSSR count). The van der Waals surface area contributed by atoms with Gasteiger partial charge in [-0.25, -0.2) is 4.39 Å². The molecule has 1 aromatic rings. The lowest BCUT2D eigenvalue weighted by molar-refractivity contribution is 0.354. The lowest BCUT2D eigenvalue weighted by Crippen LogP contribution is -2.29. The zero-order valence-electron chi connectivity index (χ0n) is 10.3. The zero-order valence-corrected chi connectivity index (χ0v) is 10.3. The summed E-state index contributed by atoms with van der Waals surface area (Å²) in [6.07, 6.45) is 0. The fourth-order valence-corrected chi connectivity index (χ4v) is 1.44. The minimum atomic E-state index is -0.322. The van der Waals surface area contributed by atoms with Crippen LogP contribution in [0.3, 0.4) is 0 Å². The van der Waals surface area contributed by atoms with Crippen LogP contribution >= 0.6 is 0 Å². The van der Waals surface area contributed by atoms with E-state index in [2.05, 4.69) is 26.1 Å². The van der Waals surface area contributed by atoms with Crippen LogP contribution in [-0.4, -0.2) is 11.7 Å². The number of aromatic hydroxyl groups is 1. The third kappa shape index (κ3) is 3.81. The molecule has 0 fully saturated rings. The Kier molecular flexibility index (Phi) is 3.92.